The molecule has 0 aliphatic rings. The van der Waals surface area contributed by atoms with Crippen LogP contribution in [0.4, 0.5) is 0 Å². The fourth-order valence-electron chi connectivity index (χ4n) is 0.999. The number of aromatic nitrogens is 1. The molecule has 1 N–H and O–H groups in total. The molecule has 5 nitrogen and oxygen atoms in total. The fourth-order valence-corrected chi connectivity index (χ4v) is 0.999. The number of pyridine rings is 1. The van der Waals surface area contributed by atoms with Gasteiger partial charge in [0.25, 0.3) is 0 Å². The minimum atomic E-state index is -1.02. The van der Waals surface area contributed by atoms with Gasteiger partial charge in [-0.3, -0.25) is 0 Å². The highest BCUT2D eigenvalue weighted by molar-refractivity contribution is 5.85. The van der Waals surface area contributed by atoms with Gasteiger partial charge in [-0.2, -0.15) is 4.98 Å². The molecule has 80 valence electrons. The molecule has 1 aromatic heterocycles. The zero-order chi connectivity index (χ0) is 11.3. The standard InChI is InChI=1S/C10H11NO4/c1-14-8-5-3-7(4-6-9(12)13)10(11-8)15-2/h3-6H,1-2H3,(H,12,13). The van der Waals surface area contributed by atoms with Crippen LogP contribution < -0.4 is 9.47 Å². The van der Waals surface area contributed by atoms with Gasteiger partial charge in [0.2, 0.25) is 11.8 Å². The highest BCUT2D eigenvalue weighted by Gasteiger charge is 2.03. The average Bonchev–Trinajstić information content (AvgIpc) is 2.25. The number of ether oxygens (including phenoxy) is 2. The number of carboxylic acid groups (broad SMARTS) is 1. The van der Waals surface area contributed by atoms with E-state index in [-0.39, 0.29) is 0 Å². The molecule has 1 rings (SSSR count). The first-order chi connectivity index (χ1) is 7.17. The van der Waals surface area contributed by atoms with Gasteiger partial charge in [-0.1, -0.05) is 0 Å². The predicted octanol–water partition coefficient (Wildman–Crippen LogP) is 1.20. The largest absolute Gasteiger partial charge is 0.481 e. The Morgan fingerprint density at radius 2 is 2.13 bits per heavy atom. The fraction of sp³-hybridized carbons (Fsp3) is 0.200. The summed E-state index contributed by atoms with van der Waals surface area (Å²) in [5.41, 5.74) is 0.584. The third-order valence-corrected chi connectivity index (χ3v) is 1.67. The second-order valence-corrected chi connectivity index (χ2v) is 2.62. The normalized spacial score (nSPS) is 10.3. The molecule has 0 atom stereocenters. The zero-order valence-corrected chi connectivity index (χ0v) is 8.43. The van der Waals surface area contributed by atoms with E-state index in [0.717, 1.165) is 6.08 Å². The number of hydrogen-bond donors (Lipinski definition) is 1. The van der Waals surface area contributed by atoms with Gasteiger partial charge in [0.05, 0.1) is 14.2 Å². The van der Waals surface area contributed by atoms with E-state index in [1.54, 1.807) is 12.1 Å². The molecule has 0 unspecified atom stereocenters. The van der Waals surface area contributed by atoms with Crippen molar-refractivity contribution < 1.29 is 19.4 Å². The molecular formula is C10H11NO4. The summed E-state index contributed by atoms with van der Waals surface area (Å²) in [6, 6.07) is 3.30. The molecule has 0 amide bonds. The number of nitrogens with zero attached hydrogens (tertiary/aromatic N) is 1. The van der Waals surface area contributed by atoms with E-state index in [1.165, 1.54) is 20.3 Å². The predicted molar refractivity (Wildman–Crippen MR) is 54.0 cm³/mol. The van der Waals surface area contributed by atoms with Gasteiger partial charge in [-0.05, 0) is 12.1 Å². The third-order valence-electron chi connectivity index (χ3n) is 1.67. The van der Waals surface area contributed by atoms with Crippen LogP contribution in [-0.2, 0) is 4.79 Å². The lowest BCUT2D eigenvalue weighted by atomic mass is 10.2. The van der Waals surface area contributed by atoms with Crippen molar-refractivity contribution in [2.75, 3.05) is 14.2 Å². The lowest BCUT2D eigenvalue weighted by molar-refractivity contribution is -0.131. The number of carbonyl (C=O) groups is 1. The molecule has 15 heavy (non-hydrogen) atoms. The molecule has 0 spiro atoms. The molecule has 1 heterocycles. The first-order valence-electron chi connectivity index (χ1n) is 4.17. The van der Waals surface area contributed by atoms with Crippen molar-refractivity contribution in [3.8, 4) is 11.8 Å². The lowest BCUT2D eigenvalue weighted by Crippen LogP contribution is -1.95. The summed E-state index contributed by atoms with van der Waals surface area (Å²) in [5.74, 6) is -0.279. The van der Waals surface area contributed by atoms with Gasteiger partial charge in [0, 0.05) is 17.7 Å². The molecule has 0 aromatic carbocycles. The molecule has 1 aromatic rings. The smallest absolute Gasteiger partial charge is 0.328 e. The molecule has 0 saturated carbocycles. The van der Waals surface area contributed by atoms with Crippen LogP contribution in [0.25, 0.3) is 6.08 Å². The summed E-state index contributed by atoms with van der Waals surface area (Å²) in [4.78, 5) is 14.3. The average molecular weight is 209 g/mol. The Morgan fingerprint density at radius 3 is 2.67 bits per heavy atom. The van der Waals surface area contributed by atoms with Crippen molar-refractivity contribution in [1.82, 2.24) is 4.98 Å². The van der Waals surface area contributed by atoms with Gasteiger partial charge in [0.1, 0.15) is 0 Å². The van der Waals surface area contributed by atoms with E-state index in [4.69, 9.17) is 14.6 Å². The maximum Gasteiger partial charge on any atom is 0.328 e. The Balaban J connectivity index is 3.02. The van der Waals surface area contributed by atoms with Crippen molar-refractivity contribution in [2.45, 2.75) is 0 Å². The van der Waals surface area contributed by atoms with Crippen LogP contribution in [0.5, 0.6) is 11.8 Å². The van der Waals surface area contributed by atoms with E-state index in [2.05, 4.69) is 4.98 Å². The number of methoxy groups -OCH3 is 2. The summed E-state index contributed by atoms with van der Waals surface area (Å²) in [6.45, 7) is 0. The highest BCUT2D eigenvalue weighted by atomic mass is 16.5. The van der Waals surface area contributed by atoms with Gasteiger partial charge in [-0.25, -0.2) is 4.79 Å². The second-order valence-electron chi connectivity index (χ2n) is 2.62. The molecule has 0 radical (unpaired) electrons. The minimum Gasteiger partial charge on any atom is -0.481 e. The lowest BCUT2D eigenvalue weighted by Gasteiger charge is -2.05. The first-order valence-corrected chi connectivity index (χ1v) is 4.17. The van der Waals surface area contributed by atoms with Crippen LogP contribution in [0.2, 0.25) is 0 Å². The van der Waals surface area contributed by atoms with Gasteiger partial charge < -0.3 is 14.6 Å². The molecule has 5 heteroatoms. The van der Waals surface area contributed by atoms with Crippen LogP contribution in [0.1, 0.15) is 5.56 Å². The number of rotatable bonds is 4. The van der Waals surface area contributed by atoms with E-state index in [1.807, 2.05) is 0 Å². The van der Waals surface area contributed by atoms with Gasteiger partial charge >= 0.3 is 5.97 Å². The van der Waals surface area contributed by atoms with Crippen LogP contribution >= 0.6 is 0 Å². The Kier molecular flexibility index (Phi) is 3.68. The van der Waals surface area contributed by atoms with Gasteiger partial charge in [-0.15, -0.1) is 0 Å². The Morgan fingerprint density at radius 1 is 1.40 bits per heavy atom. The van der Waals surface area contributed by atoms with Crippen LogP contribution in [-0.4, -0.2) is 30.3 Å². The second kappa shape index (κ2) is 4.99. The molecule has 0 bridgehead atoms. The van der Waals surface area contributed by atoms with Crippen molar-refractivity contribution in [1.29, 1.82) is 0 Å². The number of aliphatic carboxylic acids is 1. The molecular weight excluding hydrogens is 198 g/mol. The van der Waals surface area contributed by atoms with Gasteiger partial charge in [0.15, 0.2) is 0 Å². The summed E-state index contributed by atoms with van der Waals surface area (Å²) >= 11 is 0. The highest BCUT2D eigenvalue weighted by Crippen LogP contribution is 2.20. The minimum absolute atomic E-state index is 0.326. The monoisotopic (exact) mass is 209 g/mol. The first kappa shape index (κ1) is 11.0. The quantitative estimate of drug-likeness (QED) is 0.754. The zero-order valence-electron chi connectivity index (χ0n) is 8.43. The van der Waals surface area contributed by atoms with Crippen molar-refractivity contribution in [2.24, 2.45) is 0 Å². The third kappa shape index (κ3) is 2.98. The Hall–Kier alpha value is -2.04. The Labute approximate surface area is 87.0 Å². The molecule has 0 aliphatic heterocycles. The van der Waals surface area contributed by atoms with E-state index >= 15 is 0 Å². The molecule has 0 aliphatic carbocycles. The summed E-state index contributed by atoms with van der Waals surface area (Å²) in [6.07, 6.45) is 2.43. The number of carboxylic acids is 1. The maximum absolute atomic E-state index is 10.3. The summed E-state index contributed by atoms with van der Waals surface area (Å²) in [7, 11) is 2.95. The topological polar surface area (TPSA) is 68.7 Å². The van der Waals surface area contributed by atoms with Crippen LogP contribution in [0.15, 0.2) is 18.2 Å². The maximum atomic E-state index is 10.3. The van der Waals surface area contributed by atoms with E-state index in [0.29, 0.717) is 17.3 Å². The van der Waals surface area contributed by atoms with Crippen molar-refractivity contribution >= 4 is 12.0 Å². The van der Waals surface area contributed by atoms with Crippen LogP contribution in [0, 0.1) is 0 Å². The number of hydrogen-bond acceptors (Lipinski definition) is 4. The summed E-state index contributed by atoms with van der Waals surface area (Å²) < 4.78 is 9.89. The van der Waals surface area contributed by atoms with E-state index in [9.17, 15) is 4.79 Å². The van der Waals surface area contributed by atoms with E-state index < -0.39 is 5.97 Å². The van der Waals surface area contributed by atoms with Crippen molar-refractivity contribution in [3.05, 3.63) is 23.8 Å². The Bertz CT molecular complexity index is 387. The molecule has 0 fully saturated rings. The SMILES string of the molecule is COc1ccc(C=CC(=O)O)c(OC)n1. The molecule has 0 saturated heterocycles. The summed E-state index contributed by atoms with van der Waals surface area (Å²) in [5, 5.41) is 8.47. The van der Waals surface area contributed by atoms with Crippen molar-refractivity contribution in [3.63, 3.8) is 0 Å². The van der Waals surface area contributed by atoms with Crippen LogP contribution in [0.3, 0.4) is 0 Å².